The first-order chi connectivity index (χ1) is 12.0. The van der Waals surface area contributed by atoms with Crippen LogP contribution in [0.1, 0.15) is 17.0 Å². The number of benzene rings is 2. The number of ether oxygens (including phenoxy) is 1. The van der Waals surface area contributed by atoms with Gasteiger partial charge in [-0.2, -0.15) is 0 Å². The number of methoxy groups -OCH3 is 1. The number of nitrogens with zero attached hydrogens (tertiary/aromatic N) is 2. The SMILES string of the molecule is COc1ccc([C@@H]2CN(Cc3ccc(F)cc3F)C[C@H]2N(C)C)cc1. The van der Waals surface area contributed by atoms with E-state index in [1.54, 1.807) is 7.11 Å². The molecule has 0 bridgehead atoms. The number of likely N-dealkylation sites (tertiary alicyclic amines) is 1. The molecular weight excluding hydrogens is 322 g/mol. The van der Waals surface area contributed by atoms with Gasteiger partial charge in [0.05, 0.1) is 7.11 Å². The summed E-state index contributed by atoms with van der Waals surface area (Å²) in [5, 5.41) is 0. The Kier molecular flexibility index (Phi) is 5.35. The largest absolute Gasteiger partial charge is 0.497 e. The van der Waals surface area contributed by atoms with Crippen molar-refractivity contribution in [2.24, 2.45) is 0 Å². The van der Waals surface area contributed by atoms with Gasteiger partial charge in [-0.05, 0) is 37.9 Å². The average molecular weight is 346 g/mol. The van der Waals surface area contributed by atoms with E-state index in [0.29, 0.717) is 24.1 Å². The minimum Gasteiger partial charge on any atom is -0.497 e. The second-order valence-corrected chi connectivity index (χ2v) is 6.84. The van der Waals surface area contributed by atoms with Gasteiger partial charge in [0.15, 0.2) is 0 Å². The number of hydrogen-bond acceptors (Lipinski definition) is 3. The van der Waals surface area contributed by atoms with E-state index < -0.39 is 11.6 Å². The summed E-state index contributed by atoms with van der Waals surface area (Å²) < 4.78 is 32.3. The van der Waals surface area contributed by atoms with Crippen LogP contribution in [-0.2, 0) is 6.54 Å². The Morgan fingerprint density at radius 3 is 2.40 bits per heavy atom. The van der Waals surface area contributed by atoms with Gasteiger partial charge in [-0.25, -0.2) is 8.78 Å². The van der Waals surface area contributed by atoms with Gasteiger partial charge in [0.1, 0.15) is 17.4 Å². The maximum Gasteiger partial charge on any atom is 0.130 e. The first kappa shape index (κ1) is 17.8. The molecule has 3 rings (SSSR count). The highest BCUT2D eigenvalue weighted by Gasteiger charge is 2.35. The average Bonchev–Trinajstić information content (AvgIpc) is 3.02. The number of rotatable bonds is 5. The fraction of sp³-hybridized carbons (Fsp3) is 0.400. The molecule has 1 aliphatic rings. The minimum atomic E-state index is -0.537. The van der Waals surface area contributed by atoms with Crippen molar-refractivity contribution in [1.29, 1.82) is 0 Å². The molecule has 0 unspecified atom stereocenters. The summed E-state index contributed by atoms with van der Waals surface area (Å²) in [4.78, 5) is 4.45. The van der Waals surface area contributed by atoms with Crippen molar-refractivity contribution in [3.63, 3.8) is 0 Å². The predicted octanol–water partition coefficient (Wildman–Crippen LogP) is 3.50. The van der Waals surface area contributed by atoms with Crippen molar-refractivity contribution in [2.75, 3.05) is 34.3 Å². The molecule has 1 heterocycles. The first-order valence-corrected chi connectivity index (χ1v) is 8.44. The number of likely N-dealkylation sites (N-methyl/N-ethyl adjacent to an activating group) is 1. The lowest BCUT2D eigenvalue weighted by Crippen LogP contribution is -2.34. The molecule has 1 fully saturated rings. The lowest BCUT2D eigenvalue weighted by atomic mass is 9.93. The summed E-state index contributed by atoms with van der Waals surface area (Å²) in [5.41, 5.74) is 1.79. The van der Waals surface area contributed by atoms with Crippen LogP contribution in [0.25, 0.3) is 0 Å². The zero-order valence-electron chi connectivity index (χ0n) is 14.9. The quantitative estimate of drug-likeness (QED) is 0.824. The molecule has 1 aliphatic heterocycles. The third kappa shape index (κ3) is 3.99. The van der Waals surface area contributed by atoms with E-state index >= 15 is 0 Å². The van der Waals surface area contributed by atoms with Crippen molar-refractivity contribution in [3.8, 4) is 5.75 Å². The topological polar surface area (TPSA) is 15.7 Å². The molecule has 2 aromatic carbocycles. The Hall–Kier alpha value is -1.98. The molecule has 0 spiro atoms. The summed E-state index contributed by atoms with van der Waals surface area (Å²) in [6, 6.07) is 12.3. The van der Waals surface area contributed by atoms with E-state index in [4.69, 9.17) is 4.74 Å². The van der Waals surface area contributed by atoms with Crippen LogP contribution in [0.3, 0.4) is 0 Å². The normalized spacial score (nSPS) is 21.0. The van der Waals surface area contributed by atoms with E-state index in [-0.39, 0.29) is 0 Å². The van der Waals surface area contributed by atoms with Crippen molar-refractivity contribution < 1.29 is 13.5 Å². The third-order valence-corrected chi connectivity index (χ3v) is 4.98. The van der Waals surface area contributed by atoms with Gasteiger partial charge >= 0.3 is 0 Å². The monoisotopic (exact) mass is 346 g/mol. The molecule has 1 saturated heterocycles. The fourth-order valence-corrected chi connectivity index (χ4v) is 3.59. The summed E-state index contributed by atoms with van der Waals surface area (Å²) in [5.74, 6) is 0.164. The van der Waals surface area contributed by atoms with Crippen LogP contribution in [0.15, 0.2) is 42.5 Å². The van der Waals surface area contributed by atoms with E-state index in [0.717, 1.165) is 24.9 Å². The second-order valence-electron chi connectivity index (χ2n) is 6.84. The molecule has 2 atom stereocenters. The summed E-state index contributed by atoms with van der Waals surface area (Å²) >= 11 is 0. The van der Waals surface area contributed by atoms with Crippen LogP contribution in [-0.4, -0.2) is 50.1 Å². The Balaban J connectivity index is 1.77. The van der Waals surface area contributed by atoms with Gasteiger partial charge < -0.3 is 9.64 Å². The molecule has 0 radical (unpaired) electrons. The summed E-state index contributed by atoms with van der Waals surface area (Å²) in [6.45, 7) is 2.18. The Morgan fingerprint density at radius 1 is 1.08 bits per heavy atom. The lowest BCUT2D eigenvalue weighted by molar-refractivity contribution is 0.258. The molecule has 134 valence electrons. The van der Waals surface area contributed by atoms with Crippen molar-refractivity contribution in [2.45, 2.75) is 18.5 Å². The summed E-state index contributed by atoms with van der Waals surface area (Å²) in [7, 11) is 5.80. The highest BCUT2D eigenvalue weighted by atomic mass is 19.1. The van der Waals surface area contributed by atoms with E-state index in [1.165, 1.54) is 17.7 Å². The van der Waals surface area contributed by atoms with Crippen LogP contribution in [0, 0.1) is 11.6 Å². The molecule has 0 aliphatic carbocycles. The van der Waals surface area contributed by atoms with Crippen molar-refractivity contribution in [3.05, 3.63) is 65.2 Å². The number of halogens is 2. The van der Waals surface area contributed by atoms with Crippen LogP contribution >= 0.6 is 0 Å². The van der Waals surface area contributed by atoms with E-state index in [1.807, 2.05) is 12.1 Å². The van der Waals surface area contributed by atoms with Gasteiger partial charge in [0.25, 0.3) is 0 Å². The molecule has 0 saturated carbocycles. The van der Waals surface area contributed by atoms with E-state index in [2.05, 4.69) is 36.0 Å². The van der Waals surface area contributed by atoms with Crippen LogP contribution in [0.2, 0.25) is 0 Å². The van der Waals surface area contributed by atoms with Gasteiger partial charge in [0.2, 0.25) is 0 Å². The van der Waals surface area contributed by atoms with Gasteiger partial charge in [0, 0.05) is 43.2 Å². The predicted molar refractivity (Wildman–Crippen MR) is 94.8 cm³/mol. The number of hydrogen-bond donors (Lipinski definition) is 0. The van der Waals surface area contributed by atoms with Gasteiger partial charge in [-0.1, -0.05) is 18.2 Å². The standard InChI is InChI=1S/C20H24F2N2O/c1-23(2)20-13-24(11-15-4-7-16(21)10-19(15)22)12-18(20)14-5-8-17(25-3)9-6-14/h4-10,18,20H,11-13H2,1-3H3/t18-,20+/m0/s1. The first-order valence-electron chi connectivity index (χ1n) is 8.44. The van der Waals surface area contributed by atoms with E-state index in [9.17, 15) is 8.78 Å². The Labute approximate surface area is 147 Å². The smallest absolute Gasteiger partial charge is 0.130 e. The lowest BCUT2D eigenvalue weighted by Gasteiger charge is -2.25. The zero-order chi connectivity index (χ0) is 18.0. The molecule has 0 amide bonds. The molecule has 3 nitrogen and oxygen atoms in total. The summed E-state index contributed by atoms with van der Waals surface area (Å²) in [6.07, 6.45) is 0. The molecule has 5 heteroatoms. The van der Waals surface area contributed by atoms with Crippen molar-refractivity contribution >= 4 is 0 Å². The third-order valence-electron chi connectivity index (χ3n) is 4.98. The maximum atomic E-state index is 14.0. The zero-order valence-corrected chi connectivity index (χ0v) is 14.9. The van der Waals surface area contributed by atoms with Crippen LogP contribution in [0.5, 0.6) is 5.75 Å². The van der Waals surface area contributed by atoms with Crippen LogP contribution < -0.4 is 4.74 Å². The Morgan fingerprint density at radius 2 is 1.80 bits per heavy atom. The molecule has 25 heavy (non-hydrogen) atoms. The molecule has 2 aromatic rings. The molecule has 0 N–H and O–H groups in total. The van der Waals surface area contributed by atoms with Gasteiger partial charge in [-0.3, -0.25) is 4.90 Å². The Bertz CT molecular complexity index is 718. The molecular formula is C20H24F2N2O. The maximum absolute atomic E-state index is 14.0. The van der Waals surface area contributed by atoms with Gasteiger partial charge in [-0.15, -0.1) is 0 Å². The fourth-order valence-electron chi connectivity index (χ4n) is 3.59. The highest BCUT2D eigenvalue weighted by Crippen LogP contribution is 2.32. The molecule has 0 aromatic heterocycles. The minimum absolute atomic E-state index is 0.337. The second kappa shape index (κ2) is 7.50. The van der Waals surface area contributed by atoms with Crippen LogP contribution in [0.4, 0.5) is 8.78 Å². The highest BCUT2D eigenvalue weighted by molar-refractivity contribution is 5.31. The van der Waals surface area contributed by atoms with Crippen molar-refractivity contribution in [1.82, 2.24) is 9.80 Å².